The van der Waals surface area contributed by atoms with Crippen molar-refractivity contribution in [2.24, 2.45) is 0 Å². The van der Waals surface area contributed by atoms with E-state index in [1.54, 1.807) is 0 Å². The van der Waals surface area contributed by atoms with Crippen molar-refractivity contribution in [3.8, 4) is 0 Å². The first-order valence-corrected chi connectivity index (χ1v) is 7.26. The maximum Gasteiger partial charge on any atom is 0.00229 e. The number of hydrogen-bond acceptors (Lipinski definition) is 0. The van der Waals surface area contributed by atoms with Gasteiger partial charge in [0.25, 0.3) is 0 Å². The highest BCUT2D eigenvalue weighted by Gasteiger charge is 2.09. The molecule has 0 bridgehead atoms. The van der Waals surface area contributed by atoms with E-state index in [-0.39, 0.29) is 0 Å². The van der Waals surface area contributed by atoms with Crippen molar-refractivity contribution in [2.75, 3.05) is 18.3 Å². The summed E-state index contributed by atoms with van der Waals surface area (Å²) in [7, 11) is -0.503. The normalized spacial score (nSPS) is 12.5. The Balaban J connectivity index is 2.63. The molecule has 1 aromatic rings. The Morgan fingerprint density at radius 2 is 1.85 bits per heavy atom. The Labute approximate surface area is 83.0 Å². The molecule has 72 valence electrons. The van der Waals surface area contributed by atoms with Crippen molar-refractivity contribution < 1.29 is 0 Å². The molecule has 0 saturated heterocycles. The first-order valence-electron chi connectivity index (χ1n) is 4.47. The molecule has 0 spiro atoms. The first kappa shape index (κ1) is 10.4. The Morgan fingerprint density at radius 1 is 1.23 bits per heavy atom. The largest absolute Gasteiger partial charge is 0.239 e. The topological polar surface area (TPSA) is 0 Å². The van der Waals surface area contributed by atoms with Crippen LogP contribution in [0, 0.1) is 0 Å². The molecule has 0 saturated carbocycles. The molecule has 0 unspecified atom stereocenters. The van der Waals surface area contributed by atoms with Gasteiger partial charge in [0.2, 0.25) is 0 Å². The second-order valence-corrected chi connectivity index (χ2v) is 8.01. The SMILES string of the molecule is C=CCS(C)(C)Cc1ccccc1. The van der Waals surface area contributed by atoms with Crippen LogP contribution in [-0.2, 0) is 5.75 Å². The van der Waals surface area contributed by atoms with E-state index in [0.29, 0.717) is 0 Å². The van der Waals surface area contributed by atoms with Gasteiger partial charge in [-0.3, -0.25) is 0 Å². The summed E-state index contributed by atoms with van der Waals surface area (Å²) in [5.41, 5.74) is 1.45. The molecule has 0 N–H and O–H groups in total. The molecule has 0 radical (unpaired) electrons. The average molecular weight is 194 g/mol. The van der Waals surface area contributed by atoms with Crippen LogP contribution in [0.1, 0.15) is 5.56 Å². The van der Waals surface area contributed by atoms with Gasteiger partial charge >= 0.3 is 0 Å². The fraction of sp³-hybridized carbons (Fsp3) is 0.333. The lowest BCUT2D eigenvalue weighted by atomic mass is 10.2. The van der Waals surface area contributed by atoms with Gasteiger partial charge < -0.3 is 0 Å². The summed E-state index contributed by atoms with van der Waals surface area (Å²) in [4.78, 5) is 0. The Morgan fingerprint density at radius 3 is 2.38 bits per heavy atom. The van der Waals surface area contributed by atoms with Gasteiger partial charge in [-0.25, -0.2) is 10.0 Å². The van der Waals surface area contributed by atoms with Crippen LogP contribution in [0.2, 0.25) is 0 Å². The molecule has 1 heteroatoms. The van der Waals surface area contributed by atoms with Crippen LogP contribution >= 0.6 is 10.0 Å². The van der Waals surface area contributed by atoms with Crippen molar-refractivity contribution in [2.45, 2.75) is 5.75 Å². The first-order chi connectivity index (χ1) is 6.14. The van der Waals surface area contributed by atoms with Gasteiger partial charge in [0, 0.05) is 5.75 Å². The minimum Gasteiger partial charge on any atom is -0.239 e. The van der Waals surface area contributed by atoms with E-state index in [4.69, 9.17) is 0 Å². The molecular formula is C12H18S. The van der Waals surface area contributed by atoms with Gasteiger partial charge in [-0.1, -0.05) is 36.4 Å². The van der Waals surface area contributed by atoms with Crippen LogP contribution in [0.15, 0.2) is 43.0 Å². The average Bonchev–Trinajstić information content (AvgIpc) is 2.04. The zero-order valence-electron chi connectivity index (χ0n) is 8.49. The molecule has 0 fully saturated rings. The van der Waals surface area contributed by atoms with E-state index in [1.807, 2.05) is 6.08 Å². The van der Waals surface area contributed by atoms with E-state index in [0.717, 1.165) is 5.75 Å². The summed E-state index contributed by atoms with van der Waals surface area (Å²) in [6, 6.07) is 10.7. The lowest BCUT2D eigenvalue weighted by Crippen LogP contribution is -2.02. The molecule has 0 atom stereocenters. The number of hydrogen-bond donors (Lipinski definition) is 0. The van der Waals surface area contributed by atoms with E-state index >= 15 is 0 Å². The summed E-state index contributed by atoms with van der Waals surface area (Å²) < 4.78 is 0. The Hall–Kier alpha value is -0.690. The summed E-state index contributed by atoms with van der Waals surface area (Å²) in [6.07, 6.45) is 6.77. The molecule has 0 aliphatic heterocycles. The van der Waals surface area contributed by atoms with Crippen molar-refractivity contribution in [3.63, 3.8) is 0 Å². The molecule has 1 rings (SSSR count). The third kappa shape index (κ3) is 3.69. The molecule has 13 heavy (non-hydrogen) atoms. The monoisotopic (exact) mass is 194 g/mol. The number of rotatable bonds is 4. The van der Waals surface area contributed by atoms with Crippen LogP contribution in [0.4, 0.5) is 0 Å². The minimum absolute atomic E-state index is 0.503. The second-order valence-electron chi connectivity index (χ2n) is 3.85. The molecule has 1 aromatic carbocycles. The molecule has 0 aliphatic rings. The Bertz CT molecular complexity index is 262. The number of benzene rings is 1. The molecule has 0 aliphatic carbocycles. The van der Waals surface area contributed by atoms with E-state index in [1.165, 1.54) is 11.3 Å². The highest BCUT2D eigenvalue weighted by atomic mass is 32.3. The van der Waals surface area contributed by atoms with Crippen LogP contribution in [0.3, 0.4) is 0 Å². The fourth-order valence-corrected chi connectivity index (χ4v) is 3.25. The predicted molar refractivity (Wildman–Crippen MR) is 64.6 cm³/mol. The van der Waals surface area contributed by atoms with E-state index in [2.05, 4.69) is 49.4 Å². The standard InChI is InChI=1S/C12H18S/c1-4-10-13(2,3)11-12-8-6-5-7-9-12/h4-9H,1,10-11H2,2-3H3. The molecule has 0 heterocycles. The fourth-order valence-electron chi connectivity index (χ4n) is 1.40. The van der Waals surface area contributed by atoms with Crippen LogP contribution < -0.4 is 0 Å². The highest BCUT2D eigenvalue weighted by molar-refractivity contribution is 8.32. The zero-order chi connectivity index (χ0) is 9.73. The zero-order valence-corrected chi connectivity index (χ0v) is 9.31. The third-order valence-corrected chi connectivity index (χ3v) is 4.22. The predicted octanol–water partition coefficient (Wildman–Crippen LogP) is 3.44. The van der Waals surface area contributed by atoms with Gasteiger partial charge in [0.05, 0.1) is 0 Å². The van der Waals surface area contributed by atoms with Crippen LogP contribution in [0.25, 0.3) is 0 Å². The van der Waals surface area contributed by atoms with Crippen molar-refractivity contribution in [1.82, 2.24) is 0 Å². The second kappa shape index (κ2) is 4.52. The summed E-state index contributed by atoms with van der Waals surface area (Å²) >= 11 is 0. The van der Waals surface area contributed by atoms with Gasteiger partial charge in [-0.2, -0.15) is 0 Å². The summed E-state index contributed by atoms with van der Waals surface area (Å²) in [6.45, 7) is 3.81. The molecule has 0 aromatic heterocycles. The lowest BCUT2D eigenvalue weighted by Gasteiger charge is -2.29. The molecule has 0 amide bonds. The van der Waals surface area contributed by atoms with Crippen molar-refractivity contribution >= 4 is 10.0 Å². The maximum atomic E-state index is 3.81. The Kier molecular flexibility index (Phi) is 3.61. The lowest BCUT2D eigenvalue weighted by molar-refractivity contribution is 1.38. The summed E-state index contributed by atoms with van der Waals surface area (Å²) in [5.74, 6) is 2.36. The van der Waals surface area contributed by atoms with E-state index < -0.39 is 10.0 Å². The van der Waals surface area contributed by atoms with Gasteiger partial charge in [0.15, 0.2) is 0 Å². The van der Waals surface area contributed by atoms with Gasteiger partial charge in [-0.05, 0) is 23.8 Å². The molecule has 0 nitrogen and oxygen atoms in total. The van der Waals surface area contributed by atoms with Crippen LogP contribution in [-0.4, -0.2) is 18.3 Å². The quantitative estimate of drug-likeness (QED) is 0.644. The summed E-state index contributed by atoms with van der Waals surface area (Å²) in [5, 5.41) is 0. The maximum absolute atomic E-state index is 3.81. The van der Waals surface area contributed by atoms with Crippen LogP contribution in [0.5, 0.6) is 0 Å². The third-order valence-electron chi connectivity index (χ3n) is 1.97. The van der Waals surface area contributed by atoms with Gasteiger partial charge in [0.1, 0.15) is 0 Å². The van der Waals surface area contributed by atoms with E-state index in [9.17, 15) is 0 Å². The minimum atomic E-state index is -0.503. The highest BCUT2D eigenvalue weighted by Crippen LogP contribution is 2.43. The smallest absolute Gasteiger partial charge is 0.00229 e. The molecular weight excluding hydrogens is 176 g/mol. The van der Waals surface area contributed by atoms with Gasteiger partial charge in [-0.15, -0.1) is 6.58 Å². The van der Waals surface area contributed by atoms with Crippen molar-refractivity contribution in [3.05, 3.63) is 48.6 Å². The van der Waals surface area contributed by atoms with Crippen molar-refractivity contribution in [1.29, 1.82) is 0 Å².